The smallest absolute Gasteiger partial charge is 0.277 e. The molecule has 0 aromatic heterocycles. The summed E-state index contributed by atoms with van der Waals surface area (Å²) in [7, 11) is 0. The van der Waals surface area contributed by atoms with Crippen molar-refractivity contribution in [3.05, 3.63) is 58.7 Å². The van der Waals surface area contributed by atoms with Gasteiger partial charge in [0.15, 0.2) is 0 Å². The van der Waals surface area contributed by atoms with Crippen molar-refractivity contribution in [1.29, 1.82) is 0 Å². The van der Waals surface area contributed by atoms with E-state index in [1.54, 1.807) is 17.0 Å². The van der Waals surface area contributed by atoms with Crippen LogP contribution in [0.5, 0.6) is 0 Å². The van der Waals surface area contributed by atoms with E-state index in [4.69, 9.17) is 0 Å². The zero-order valence-electron chi connectivity index (χ0n) is 9.76. The van der Waals surface area contributed by atoms with E-state index in [1.807, 2.05) is 0 Å². The molecule has 0 fully saturated rings. The van der Waals surface area contributed by atoms with Crippen molar-refractivity contribution in [1.82, 2.24) is 4.90 Å². The Labute approximate surface area is 104 Å². The number of nitrogens with zero attached hydrogens (tertiary/aromatic N) is 2. The van der Waals surface area contributed by atoms with E-state index in [1.165, 1.54) is 12.1 Å². The van der Waals surface area contributed by atoms with Gasteiger partial charge in [0.2, 0.25) is 0 Å². The van der Waals surface area contributed by atoms with Crippen molar-refractivity contribution in [3.8, 4) is 0 Å². The normalized spacial score (nSPS) is 14.3. The highest BCUT2D eigenvalue weighted by molar-refractivity contribution is 6.04. The molecule has 0 bridgehead atoms. The topological polar surface area (TPSA) is 63.4 Å². The molecule has 1 aromatic carbocycles. The second kappa shape index (κ2) is 4.44. The summed E-state index contributed by atoms with van der Waals surface area (Å²) >= 11 is 0. The van der Waals surface area contributed by atoms with Crippen LogP contribution in [-0.4, -0.2) is 28.8 Å². The van der Waals surface area contributed by atoms with Crippen molar-refractivity contribution < 1.29 is 9.72 Å². The molecule has 1 amide bonds. The Morgan fingerprint density at radius 3 is 2.83 bits per heavy atom. The van der Waals surface area contributed by atoms with Crippen LogP contribution in [0.4, 0.5) is 5.69 Å². The van der Waals surface area contributed by atoms with Gasteiger partial charge in [0.25, 0.3) is 11.6 Å². The zero-order chi connectivity index (χ0) is 13.3. The first-order chi connectivity index (χ1) is 8.56. The number of benzene rings is 1. The number of carbonyl (C=O) groups excluding carboxylic acids is 1. The van der Waals surface area contributed by atoms with Crippen molar-refractivity contribution >= 4 is 17.2 Å². The predicted molar refractivity (Wildman–Crippen MR) is 68.2 cm³/mol. The number of nitro benzene ring substituents is 1. The lowest BCUT2D eigenvalue weighted by Gasteiger charge is -2.28. The van der Waals surface area contributed by atoms with Crippen LogP contribution in [0.1, 0.15) is 15.9 Å². The van der Waals surface area contributed by atoms with Crippen LogP contribution < -0.4 is 0 Å². The Bertz CT molecular complexity index is 563. The van der Waals surface area contributed by atoms with Crippen molar-refractivity contribution in [2.45, 2.75) is 0 Å². The third-order valence-electron chi connectivity index (χ3n) is 2.84. The van der Waals surface area contributed by atoms with E-state index in [0.717, 1.165) is 0 Å². The van der Waals surface area contributed by atoms with Crippen LogP contribution in [0, 0.1) is 10.1 Å². The predicted octanol–water partition coefficient (Wildman–Crippen LogP) is 2.25. The molecule has 1 aliphatic heterocycles. The van der Waals surface area contributed by atoms with Gasteiger partial charge in [-0.15, -0.1) is 6.58 Å². The Kier molecular flexibility index (Phi) is 2.97. The van der Waals surface area contributed by atoms with E-state index in [2.05, 4.69) is 13.2 Å². The number of amides is 1. The lowest BCUT2D eigenvalue weighted by atomic mass is 9.93. The molecule has 2 rings (SSSR count). The third kappa shape index (κ3) is 1.79. The van der Waals surface area contributed by atoms with E-state index in [0.29, 0.717) is 29.8 Å². The van der Waals surface area contributed by atoms with Gasteiger partial charge >= 0.3 is 0 Å². The lowest BCUT2D eigenvalue weighted by Crippen LogP contribution is -2.37. The molecule has 0 N–H and O–H groups in total. The minimum absolute atomic E-state index is 0.0656. The maximum atomic E-state index is 12.1. The average molecular weight is 244 g/mol. The Morgan fingerprint density at radius 2 is 2.22 bits per heavy atom. The summed E-state index contributed by atoms with van der Waals surface area (Å²) in [6.07, 6.45) is 1.62. The molecule has 0 unspecified atom stereocenters. The molecule has 5 nitrogen and oxygen atoms in total. The highest BCUT2D eigenvalue weighted by atomic mass is 16.6. The fourth-order valence-corrected chi connectivity index (χ4v) is 2.10. The largest absolute Gasteiger partial charge is 0.331 e. The quantitative estimate of drug-likeness (QED) is 0.465. The van der Waals surface area contributed by atoms with Gasteiger partial charge < -0.3 is 4.90 Å². The molecule has 0 saturated carbocycles. The summed E-state index contributed by atoms with van der Waals surface area (Å²) in [5, 5.41) is 11.0. The van der Waals surface area contributed by atoms with Gasteiger partial charge in [-0.2, -0.15) is 0 Å². The molecule has 0 saturated heterocycles. The number of fused-ring (bicyclic) bond motifs is 1. The minimum atomic E-state index is -0.486. The average Bonchev–Trinajstić information content (AvgIpc) is 2.35. The second-order valence-corrected chi connectivity index (χ2v) is 4.03. The number of nitro groups is 1. The van der Waals surface area contributed by atoms with E-state index in [9.17, 15) is 14.9 Å². The lowest BCUT2D eigenvalue weighted by molar-refractivity contribution is -0.385. The first-order valence-corrected chi connectivity index (χ1v) is 5.42. The standard InChI is InChI=1S/C13H12N2O3/c1-3-7-14-8-9(2)12-10(13(14)16)5-4-6-11(12)15(17)18/h3-6H,1-2,7-8H2. The molecule has 0 aliphatic carbocycles. The van der Waals surface area contributed by atoms with E-state index in [-0.39, 0.29) is 11.6 Å². The van der Waals surface area contributed by atoms with Gasteiger partial charge in [-0.05, 0) is 11.6 Å². The molecule has 0 atom stereocenters. The van der Waals surface area contributed by atoms with Crippen LogP contribution in [0.3, 0.4) is 0 Å². The Morgan fingerprint density at radius 1 is 1.50 bits per heavy atom. The van der Waals surface area contributed by atoms with Crippen LogP contribution in [0.15, 0.2) is 37.4 Å². The van der Waals surface area contributed by atoms with Gasteiger partial charge in [-0.1, -0.05) is 18.7 Å². The monoisotopic (exact) mass is 244 g/mol. The van der Waals surface area contributed by atoms with Gasteiger partial charge in [0.1, 0.15) is 0 Å². The summed E-state index contributed by atoms with van der Waals surface area (Å²) in [6.45, 7) is 8.11. The Balaban J connectivity index is 2.57. The maximum Gasteiger partial charge on any atom is 0.277 e. The van der Waals surface area contributed by atoms with E-state index < -0.39 is 4.92 Å². The molecule has 0 spiro atoms. The molecule has 1 heterocycles. The summed E-state index contributed by atoms with van der Waals surface area (Å²) in [4.78, 5) is 24.2. The van der Waals surface area contributed by atoms with Crippen molar-refractivity contribution in [2.24, 2.45) is 0 Å². The molecule has 1 aliphatic rings. The van der Waals surface area contributed by atoms with Crippen LogP contribution in [-0.2, 0) is 0 Å². The summed E-state index contributed by atoms with van der Waals surface area (Å²) in [5.74, 6) is -0.221. The third-order valence-corrected chi connectivity index (χ3v) is 2.84. The van der Waals surface area contributed by atoms with Gasteiger partial charge in [-0.3, -0.25) is 14.9 Å². The number of hydrogen-bond acceptors (Lipinski definition) is 3. The Hall–Kier alpha value is -2.43. The second-order valence-electron chi connectivity index (χ2n) is 4.03. The number of rotatable bonds is 3. The summed E-state index contributed by atoms with van der Waals surface area (Å²) in [6, 6.07) is 4.49. The highest BCUT2D eigenvalue weighted by Crippen LogP contribution is 2.33. The van der Waals surface area contributed by atoms with Crippen LogP contribution in [0.2, 0.25) is 0 Å². The number of hydrogen-bond donors (Lipinski definition) is 0. The maximum absolute atomic E-state index is 12.1. The van der Waals surface area contributed by atoms with E-state index >= 15 is 0 Å². The summed E-state index contributed by atoms with van der Waals surface area (Å²) < 4.78 is 0. The molecule has 1 aromatic rings. The minimum Gasteiger partial charge on any atom is -0.331 e. The van der Waals surface area contributed by atoms with Crippen molar-refractivity contribution in [2.75, 3.05) is 13.1 Å². The molecular weight excluding hydrogens is 232 g/mol. The number of carbonyl (C=O) groups is 1. The molecule has 92 valence electrons. The summed E-state index contributed by atoms with van der Waals surface area (Å²) in [5.41, 5.74) is 1.21. The zero-order valence-corrected chi connectivity index (χ0v) is 9.76. The van der Waals surface area contributed by atoms with Crippen molar-refractivity contribution in [3.63, 3.8) is 0 Å². The fourth-order valence-electron chi connectivity index (χ4n) is 2.10. The van der Waals surface area contributed by atoms with Crippen LogP contribution in [0.25, 0.3) is 5.57 Å². The molecule has 0 radical (unpaired) electrons. The first-order valence-electron chi connectivity index (χ1n) is 5.42. The van der Waals surface area contributed by atoms with Gasteiger partial charge in [0, 0.05) is 19.2 Å². The van der Waals surface area contributed by atoms with Crippen LogP contribution >= 0.6 is 0 Å². The fraction of sp³-hybridized carbons (Fsp3) is 0.154. The molecular formula is C13H12N2O3. The SMILES string of the molecule is C=CCN1CC(=C)c2c(cccc2[N+](=O)[O-])C1=O. The molecule has 5 heteroatoms. The first kappa shape index (κ1) is 12.0. The van der Waals surface area contributed by atoms with Gasteiger partial charge in [0.05, 0.1) is 16.1 Å². The highest BCUT2D eigenvalue weighted by Gasteiger charge is 2.31. The molecule has 18 heavy (non-hydrogen) atoms. The van der Waals surface area contributed by atoms with Gasteiger partial charge in [-0.25, -0.2) is 0 Å².